The van der Waals surface area contributed by atoms with Crippen LogP contribution in [0.1, 0.15) is 11.1 Å². The van der Waals surface area contributed by atoms with E-state index in [1.165, 1.54) is 10.9 Å². The van der Waals surface area contributed by atoms with Gasteiger partial charge in [0.25, 0.3) is 0 Å². The maximum Gasteiger partial charge on any atom is 0.138 e. The van der Waals surface area contributed by atoms with Gasteiger partial charge in [-0.2, -0.15) is 0 Å². The van der Waals surface area contributed by atoms with Crippen molar-refractivity contribution < 1.29 is 4.42 Å². The molecule has 0 aliphatic heterocycles. The highest BCUT2D eigenvalue weighted by Gasteiger charge is 2.08. The summed E-state index contributed by atoms with van der Waals surface area (Å²) in [6, 6.07) is 6.11. The molecule has 15 heavy (non-hydrogen) atoms. The molecular formula is C12H16N2O. The Balaban J connectivity index is 2.51. The molecule has 1 aromatic carbocycles. The van der Waals surface area contributed by atoms with Crippen LogP contribution in [0, 0.1) is 0 Å². The molecule has 0 unspecified atom stereocenters. The van der Waals surface area contributed by atoms with Gasteiger partial charge in [-0.3, -0.25) is 0 Å². The summed E-state index contributed by atoms with van der Waals surface area (Å²) in [5.74, 6) is 0. The molecule has 0 aliphatic rings. The van der Waals surface area contributed by atoms with Crippen LogP contribution in [0.25, 0.3) is 11.0 Å². The minimum Gasteiger partial charge on any atom is -0.464 e. The maximum atomic E-state index is 5.66. The van der Waals surface area contributed by atoms with E-state index in [0.717, 1.165) is 17.7 Å². The number of nitrogens with zero attached hydrogens (tertiary/aromatic N) is 1. The molecule has 0 spiro atoms. The summed E-state index contributed by atoms with van der Waals surface area (Å²) in [6.45, 7) is 1.41. The molecule has 1 heterocycles. The fourth-order valence-electron chi connectivity index (χ4n) is 1.79. The summed E-state index contributed by atoms with van der Waals surface area (Å²) in [6.07, 6.45) is 1.82. The highest BCUT2D eigenvalue weighted by Crippen LogP contribution is 2.24. The van der Waals surface area contributed by atoms with E-state index in [-0.39, 0.29) is 0 Å². The highest BCUT2D eigenvalue weighted by molar-refractivity contribution is 5.83. The third-order valence-corrected chi connectivity index (χ3v) is 2.47. The first-order valence-corrected chi connectivity index (χ1v) is 5.05. The van der Waals surface area contributed by atoms with Gasteiger partial charge in [-0.05, 0) is 14.1 Å². The largest absolute Gasteiger partial charge is 0.464 e. The molecule has 2 aromatic rings. The van der Waals surface area contributed by atoms with Crippen LogP contribution in [0.3, 0.4) is 0 Å². The molecule has 2 N–H and O–H groups in total. The molecule has 1 aromatic heterocycles. The maximum absolute atomic E-state index is 5.66. The number of furan rings is 1. The van der Waals surface area contributed by atoms with Crippen LogP contribution in [0.15, 0.2) is 28.9 Å². The van der Waals surface area contributed by atoms with Gasteiger partial charge in [0, 0.05) is 29.6 Å². The van der Waals surface area contributed by atoms with Crippen molar-refractivity contribution in [2.24, 2.45) is 5.73 Å². The molecule has 0 saturated carbocycles. The van der Waals surface area contributed by atoms with E-state index in [4.69, 9.17) is 10.2 Å². The van der Waals surface area contributed by atoms with E-state index in [2.05, 4.69) is 11.0 Å². The van der Waals surface area contributed by atoms with E-state index in [0.29, 0.717) is 6.54 Å². The number of hydrogen-bond acceptors (Lipinski definition) is 3. The Morgan fingerprint density at radius 2 is 2.07 bits per heavy atom. The lowest BCUT2D eigenvalue weighted by molar-refractivity contribution is 0.401. The van der Waals surface area contributed by atoms with E-state index >= 15 is 0 Å². The molecule has 0 fully saturated rings. The summed E-state index contributed by atoms with van der Waals surface area (Å²) >= 11 is 0. The minimum atomic E-state index is 0.520. The smallest absolute Gasteiger partial charge is 0.138 e. The summed E-state index contributed by atoms with van der Waals surface area (Å²) in [7, 11) is 4.09. The zero-order valence-corrected chi connectivity index (χ0v) is 9.16. The zero-order valence-electron chi connectivity index (χ0n) is 9.16. The van der Waals surface area contributed by atoms with Crippen LogP contribution in [0.5, 0.6) is 0 Å². The standard InChI is InChI=1S/C12H16N2O/c1-14(2)7-10-8-15-12-9(6-13)4-3-5-11(10)12/h3-5,8H,6-7,13H2,1-2H3. The van der Waals surface area contributed by atoms with Gasteiger partial charge >= 0.3 is 0 Å². The molecule has 0 atom stereocenters. The Hall–Kier alpha value is -1.32. The molecule has 3 heteroatoms. The van der Waals surface area contributed by atoms with Crippen molar-refractivity contribution in [3.8, 4) is 0 Å². The SMILES string of the molecule is CN(C)Cc1coc2c(CN)cccc12. The van der Waals surface area contributed by atoms with Crippen molar-refractivity contribution in [3.05, 3.63) is 35.6 Å². The average molecular weight is 204 g/mol. The normalized spacial score (nSPS) is 11.5. The van der Waals surface area contributed by atoms with Gasteiger partial charge < -0.3 is 15.1 Å². The Bertz CT molecular complexity index is 460. The third-order valence-electron chi connectivity index (χ3n) is 2.47. The fraction of sp³-hybridized carbons (Fsp3) is 0.333. The topological polar surface area (TPSA) is 42.4 Å². The fourth-order valence-corrected chi connectivity index (χ4v) is 1.79. The highest BCUT2D eigenvalue weighted by atomic mass is 16.3. The lowest BCUT2D eigenvalue weighted by Crippen LogP contribution is -2.10. The van der Waals surface area contributed by atoms with Crippen LogP contribution in [0.4, 0.5) is 0 Å². The molecule has 0 saturated heterocycles. The van der Waals surface area contributed by atoms with Crippen LogP contribution in [-0.4, -0.2) is 19.0 Å². The second-order valence-corrected chi connectivity index (χ2v) is 4.00. The summed E-state index contributed by atoms with van der Waals surface area (Å²) < 4.78 is 5.57. The van der Waals surface area contributed by atoms with Gasteiger partial charge in [0.2, 0.25) is 0 Å². The predicted molar refractivity (Wildman–Crippen MR) is 61.5 cm³/mol. The van der Waals surface area contributed by atoms with E-state index in [9.17, 15) is 0 Å². The van der Waals surface area contributed by atoms with Gasteiger partial charge in [0.15, 0.2) is 0 Å². The molecule has 0 amide bonds. The second kappa shape index (κ2) is 4.04. The summed E-state index contributed by atoms with van der Waals surface area (Å²) in [4.78, 5) is 2.12. The molecule has 2 rings (SSSR count). The molecule has 80 valence electrons. The van der Waals surface area contributed by atoms with Crippen molar-refractivity contribution >= 4 is 11.0 Å². The number of fused-ring (bicyclic) bond motifs is 1. The van der Waals surface area contributed by atoms with Crippen LogP contribution in [-0.2, 0) is 13.1 Å². The number of benzene rings is 1. The van der Waals surface area contributed by atoms with Crippen LogP contribution < -0.4 is 5.73 Å². The second-order valence-electron chi connectivity index (χ2n) is 4.00. The summed E-state index contributed by atoms with van der Waals surface area (Å²) in [5.41, 5.74) is 8.86. The van der Waals surface area contributed by atoms with Gasteiger partial charge in [-0.1, -0.05) is 18.2 Å². The van der Waals surface area contributed by atoms with E-state index in [1.54, 1.807) is 0 Å². The van der Waals surface area contributed by atoms with Gasteiger partial charge in [0.05, 0.1) is 6.26 Å². The van der Waals surface area contributed by atoms with E-state index in [1.807, 2.05) is 32.5 Å². The first kappa shape index (κ1) is 10.2. The van der Waals surface area contributed by atoms with Crippen molar-refractivity contribution in [3.63, 3.8) is 0 Å². The Morgan fingerprint density at radius 3 is 2.73 bits per heavy atom. The van der Waals surface area contributed by atoms with Crippen molar-refractivity contribution in [1.29, 1.82) is 0 Å². The lowest BCUT2D eigenvalue weighted by atomic mass is 10.1. The first-order valence-electron chi connectivity index (χ1n) is 5.05. The van der Waals surface area contributed by atoms with E-state index < -0.39 is 0 Å². The Kier molecular flexibility index (Phi) is 2.75. The van der Waals surface area contributed by atoms with Crippen molar-refractivity contribution in [1.82, 2.24) is 4.90 Å². The van der Waals surface area contributed by atoms with Crippen molar-refractivity contribution in [2.45, 2.75) is 13.1 Å². The third kappa shape index (κ3) is 1.89. The number of hydrogen-bond donors (Lipinski definition) is 1. The molecule has 3 nitrogen and oxygen atoms in total. The van der Waals surface area contributed by atoms with Gasteiger partial charge in [-0.25, -0.2) is 0 Å². The summed E-state index contributed by atoms with van der Waals surface area (Å²) in [5, 5.41) is 1.17. The van der Waals surface area contributed by atoms with Crippen molar-refractivity contribution in [2.75, 3.05) is 14.1 Å². The quantitative estimate of drug-likeness (QED) is 0.831. The van der Waals surface area contributed by atoms with Gasteiger partial charge in [-0.15, -0.1) is 0 Å². The Labute approximate surface area is 89.5 Å². The molecule has 0 radical (unpaired) electrons. The monoisotopic (exact) mass is 204 g/mol. The number of para-hydroxylation sites is 1. The predicted octanol–water partition coefficient (Wildman–Crippen LogP) is 1.95. The molecule has 0 aliphatic carbocycles. The van der Waals surface area contributed by atoms with Gasteiger partial charge in [0.1, 0.15) is 5.58 Å². The number of rotatable bonds is 3. The van der Waals surface area contributed by atoms with Crippen LogP contribution >= 0.6 is 0 Å². The Morgan fingerprint density at radius 1 is 1.27 bits per heavy atom. The number of nitrogens with two attached hydrogens (primary N) is 1. The average Bonchev–Trinajstić information content (AvgIpc) is 2.61. The molecular weight excluding hydrogens is 188 g/mol. The van der Waals surface area contributed by atoms with Crippen LogP contribution in [0.2, 0.25) is 0 Å². The lowest BCUT2D eigenvalue weighted by Gasteiger charge is -2.07. The first-order chi connectivity index (χ1) is 7.22. The zero-order chi connectivity index (χ0) is 10.8. The molecule has 0 bridgehead atoms. The minimum absolute atomic E-state index is 0.520.